The van der Waals surface area contributed by atoms with Crippen LogP contribution in [0.25, 0.3) is 54.7 Å². The fraction of sp³-hybridized carbons (Fsp3) is 0.147. The first kappa shape index (κ1) is 27.9. The third kappa shape index (κ3) is 5.48. The summed E-state index contributed by atoms with van der Waals surface area (Å²) in [5.74, 6) is 0. The number of aromatic nitrogens is 3. The SMILES string of the molecule is CC(C)(C)c1nc2ccc3oc4c(-c5ccccn5)[c-]ccc4c3c2s1.Cc1ccc(-c2[c-]cccc2)nc1.[Ir]. The van der Waals surface area contributed by atoms with Crippen molar-refractivity contribution < 1.29 is 24.5 Å². The summed E-state index contributed by atoms with van der Waals surface area (Å²) in [6.07, 6.45) is 3.66. The minimum absolute atomic E-state index is 0. The fourth-order valence-electron chi connectivity index (χ4n) is 4.41. The Morgan fingerprint density at radius 3 is 2.38 bits per heavy atom. The molecule has 0 atom stereocenters. The predicted octanol–water partition coefficient (Wildman–Crippen LogP) is 9.21. The number of thiazole rings is 1. The molecular weight excluding hydrogens is 691 g/mol. The third-order valence-corrected chi connectivity index (χ3v) is 7.92. The second-order valence-corrected chi connectivity index (χ2v) is 11.5. The molecule has 201 valence electrons. The van der Waals surface area contributed by atoms with E-state index in [1.54, 1.807) is 17.5 Å². The molecule has 0 bridgehead atoms. The van der Waals surface area contributed by atoms with Crippen LogP contribution in [-0.2, 0) is 25.5 Å². The molecule has 0 aliphatic carbocycles. The average Bonchev–Trinajstić information content (AvgIpc) is 3.56. The molecule has 0 aliphatic rings. The molecule has 7 rings (SSSR count). The topological polar surface area (TPSA) is 51.8 Å². The number of nitrogens with zero attached hydrogens (tertiary/aromatic N) is 3. The molecule has 6 heteroatoms. The van der Waals surface area contributed by atoms with Gasteiger partial charge >= 0.3 is 0 Å². The van der Waals surface area contributed by atoms with Crippen molar-refractivity contribution in [3.05, 3.63) is 114 Å². The summed E-state index contributed by atoms with van der Waals surface area (Å²) in [7, 11) is 0. The van der Waals surface area contributed by atoms with Crippen molar-refractivity contribution in [1.82, 2.24) is 15.0 Å². The number of rotatable bonds is 2. The van der Waals surface area contributed by atoms with E-state index in [0.717, 1.165) is 55.0 Å². The average molecular weight is 718 g/mol. The molecule has 0 fully saturated rings. The number of hydrogen-bond donors (Lipinski definition) is 0. The van der Waals surface area contributed by atoms with Gasteiger partial charge in [-0.1, -0.05) is 56.0 Å². The number of pyridine rings is 2. The first-order chi connectivity index (χ1) is 18.9. The molecule has 0 N–H and O–H groups in total. The van der Waals surface area contributed by atoms with Gasteiger partial charge in [0.2, 0.25) is 0 Å². The molecule has 4 aromatic heterocycles. The Balaban J connectivity index is 0.000000195. The Morgan fingerprint density at radius 1 is 0.825 bits per heavy atom. The van der Waals surface area contributed by atoms with Crippen molar-refractivity contribution in [2.75, 3.05) is 0 Å². The predicted molar refractivity (Wildman–Crippen MR) is 161 cm³/mol. The van der Waals surface area contributed by atoms with Gasteiger partial charge in [0, 0.05) is 43.3 Å². The van der Waals surface area contributed by atoms with Crippen molar-refractivity contribution >= 4 is 43.5 Å². The van der Waals surface area contributed by atoms with Crippen LogP contribution in [0.3, 0.4) is 0 Å². The molecule has 0 spiro atoms. The Kier molecular flexibility index (Phi) is 7.95. The molecule has 0 amide bonds. The first-order valence-electron chi connectivity index (χ1n) is 12.9. The number of fused-ring (bicyclic) bond motifs is 5. The second kappa shape index (κ2) is 11.4. The molecule has 3 aromatic carbocycles. The van der Waals surface area contributed by atoms with Crippen LogP contribution in [0.15, 0.2) is 95.7 Å². The summed E-state index contributed by atoms with van der Waals surface area (Å²) in [5, 5.41) is 3.37. The monoisotopic (exact) mass is 718 g/mol. The van der Waals surface area contributed by atoms with E-state index in [0.29, 0.717) is 0 Å². The van der Waals surface area contributed by atoms with E-state index in [4.69, 9.17) is 9.40 Å². The van der Waals surface area contributed by atoms with Gasteiger partial charge in [-0.3, -0.25) is 0 Å². The number of aryl methyl sites for hydroxylation is 1. The van der Waals surface area contributed by atoms with E-state index in [1.165, 1.54) is 10.3 Å². The van der Waals surface area contributed by atoms with Crippen LogP contribution in [0, 0.1) is 19.1 Å². The summed E-state index contributed by atoms with van der Waals surface area (Å²) in [6, 6.07) is 32.3. The van der Waals surface area contributed by atoms with E-state index in [1.807, 2.05) is 73.8 Å². The summed E-state index contributed by atoms with van der Waals surface area (Å²) < 4.78 is 7.43. The van der Waals surface area contributed by atoms with Crippen molar-refractivity contribution in [2.45, 2.75) is 33.1 Å². The van der Waals surface area contributed by atoms with Gasteiger partial charge in [0.15, 0.2) is 0 Å². The fourth-order valence-corrected chi connectivity index (χ4v) is 5.59. The van der Waals surface area contributed by atoms with E-state index < -0.39 is 0 Å². The summed E-state index contributed by atoms with van der Waals surface area (Å²) in [5.41, 5.74) is 7.74. The van der Waals surface area contributed by atoms with Crippen LogP contribution < -0.4 is 0 Å². The number of hydrogen-bond acceptors (Lipinski definition) is 5. The minimum Gasteiger partial charge on any atom is -0.501 e. The van der Waals surface area contributed by atoms with Crippen molar-refractivity contribution in [3.63, 3.8) is 0 Å². The zero-order valence-corrected chi connectivity index (χ0v) is 25.9. The van der Waals surface area contributed by atoms with Gasteiger partial charge in [-0.25, -0.2) is 4.98 Å². The van der Waals surface area contributed by atoms with Gasteiger partial charge in [-0.2, -0.15) is 0 Å². The maximum Gasteiger partial charge on any atom is 0.122 e. The zero-order chi connectivity index (χ0) is 27.0. The van der Waals surface area contributed by atoms with Gasteiger partial charge in [0.25, 0.3) is 0 Å². The van der Waals surface area contributed by atoms with Gasteiger partial charge in [-0.15, -0.1) is 65.4 Å². The van der Waals surface area contributed by atoms with E-state index in [2.05, 4.69) is 61.1 Å². The van der Waals surface area contributed by atoms with Crippen LogP contribution in [0.5, 0.6) is 0 Å². The first-order valence-corrected chi connectivity index (χ1v) is 13.7. The van der Waals surface area contributed by atoms with Gasteiger partial charge in [-0.05, 0) is 42.1 Å². The molecule has 0 unspecified atom stereocenters. The van der Waals surface area contributed by atoms with Gasteiger partial charge in [0.05, 0.1) is 20.8 Å². The standard InChI is InChI=1S/C22H17N2OS.C12H10N.Ir/c1-22(2,3)21-24-16-10-11-17-18(20(16)26-21)14-8-6-7-13(19(14)25-17)15-9-4-5-12-23-15;1-10-7-8-12(13-9-10)11-5-3-2-4-6-11;/h4-6,8-12H,1-3H3;2-5,7-9H,1H3;/q2*-1;. The molecule has 0 aliphatic heterocycles. The van der Waals surface area contributed by atoms with E-state index in [-0.39, 0.29) is 25.5 Å². The van der Waals surface area contributed by atoms with Crippen LogP contribution >= 0.6 is 11.3 Å². The molecule has 0 saturated carbocycles. The Morgan fingerprint density at radius 2 is 1.68 bits per heavy atom. The van der Waals surface area contributed by atoms with Crippen LogP contribution in [0.4, 0.5) is 0 Å². The normalized spacial score (nSPS) is 11.3. The second-order valence-electron chi connectivity index (χ2n) is 10.5. The maximum atomic E-state index is 6.25. The van der Waals surface area contributed by atoms with E-state index >= 15 is 0 Å². The Hall–Kier alpha value is -3.70. The largest absolute Gasteiger partial charge is 0.501 e. The smallest absolute Gasteiger partial charge is 0.122 e. The Labute approximate surface area is 251 Å². The van der Waals surface area contributed by atoms with Crippen molar-refractivity contribution in [1.29, 1.82) is 0 Å². The van der Waals surface area contributed by atoms with Gasteiger partial charge in [0.1, 0.15) is 5.58 Å². The summed E-state index contributed by atoms with van der Waals surface area (Å²) in [4.78, 5) is 13.6. The summed E-state index contributed by atoms with van der Waals surface area (Å²) in [6.45, 7) is 8.63. The zero-order valence-electron chi connectivity index (χ0n) is 22.7. The van der Waals surface area contributed by atoms with Crippen LogP contribution in [-0.4, -0.2) is 15.0 Å². The van der Waals surface area contributed by atoms with Gasteiger partial charge < -0.3 is 14.4 Å². The molecule has 4 nitrogen and oxygen atoms in total. The Bertz CT molecular complexity index is 1890. The minimum atomic E-state index is 0. The maximum absolute atomic E-state index is 6.25. The molecule has 4 heterocycles. The molecule has 1 radical (unpaired) electrons. The van der Waals surface area contributed by atoms with Crippen LogP contribution in [0.1, 0.15) is 31.3 Å². The quantitative estimate of drug-likeness (QED) is 0.168. The molecule has 40 heavy (non-hydrogen) atoms. The van der Waals surface area contributed by atoms with Crippen molar-refractivity contribution in [3.8, 4) is 22.5 Å². The van der Waals surface area contributed by atoms with Crippen LogP contribution in [0.2, 0.25) is 0 Å². The molecule has 7 aromatic rings. The molecular formula is C34H27IrN3OS-2. The van der Waals surface area contributed by atoms with E-state index in [9.17, 15) is 0 Å². The number of benzene rings is 3. The number of furan rings is 1. The van der Waals surface area contributed by atoms with Crippen molar-refractivity contribution in [2.24, 2.45) is 0 Å². The summed E-state index contributed by atoms with van der Waals surface area (Å²) >= 11 is 1.76. The third-order valence-electron chi connectivity index (χ3n) is 6.41. The molecule has 0 saturated heterocycles.